The number of amides is 1. The minimum Gasteiger partial charge on any atom is -0.481 e. The quantitative estimate of drug-likeness (QED) is 0.564. The molecule has 1 saturated heterocycles. The number of nitrogens with zero attached hydrogens (tertiary/aromatic N) is 1. The van der Waals surface area contributed by atoms with Gasteiger partial charge in [0.2, 0.25) is 0 Å². The molecule has 1 aliphatic heterocycles. The summed E-state index contributed by atoms with van der Waals surface area (Å²) in [7, 11) is 0. The SMILES string of the molecule is CCCc1ccc(C2C(c3cccc(Cl)c3)OC(CC(=O)O)C(=O)N2CC2CCC2)cc1. The van der Waals surface area contributed by atoms with Crippen molar-refractivity contribution in [3.05, 3.63) is 70.2 Å². The van der Waals surface area contributed by atoms with Gasteiger partial charge in [-0.3, -0.25) is 9.59 Å². The lowest BCUT2D eigenvalue weighted by atomic mass is 9.83. The second-order valence-corrected chi connectivity index (χ2v) is 9.36. The van der Waals surface area contributed by atoms with Crippen molar-refractivity contribution in [2.24, 2.45) is 5.92 Å². The van der Waals surface area contributed by atoms with Gasteiger partial charge >= 0.3 is 5.97 Å². The zero-order chi connectivity index (χ0) is 22.7. The van der Waals surface area contributed by atoms with E-state index in [2.05, 4.69) is 31.2 Å². The van der Waals surface area contributed by atoms with Crippen LogP contribution in [0, 0.1) is 5.92 Å². The smallest absolute Gasteiger partial charge is 0.306 e. The zero-order valence-corrected chi connectivity index (χ0v) is 19.1. The Labute approximate surface area is 194 Å². The number of hydrogen-bond donors (Lipinski definition) is 1. The molecule has 2 aromatic carbocycles. The van der Waals surface area contributed by atoms with E-state index in [0.717, 1.165) is 36.8 Å². The Balaban J connectivity index is 1.76. The first-order chi connectivity index (χ1) is 15.5. The predicted octanol–water partition coefficient (Wildman–Crippen LogP) is 5.58. The van der Waals surface area contributed by atoms with Crippen LogP contribution in [0.5, 0.6) is 0 Å². The lowest BCUT2D eigenvalue weighted by molar-refractivity contribution is -0.180. The lowest BCUT2D eigenvalue weighted by Gasteiger charge is -2.46. The highest BCUT2D eigenvalue weighted by Crippen LogP contribution is 2.44. The number of benzene rings is 2. The van der Waals surface area contributed by atoms with E-state index in [1.54, 1.807) is 6.07 Å². The van der Waals surface area contributed by atoms with E-state index < -0.39 is 18.2 Å². The first kappa shape index (κ1) is 22.8. The Morgan fingerprint density at radius 3 is 2.50 bits per heavy atom. The summed E-state index contributed by atoms with van der Waals surface area (Å²) in [5.74, 6) is -0.830. The van der Waals surface area contributed by atoms with E-state index in [1.165, 1.54) is 12.0 Å². The van der Waals surface area contributed by atoms with Gasteiger partial charge in [-0.1, -0.05) is 67.8 Å². The normalized spacial score (nSPS) is 23.8. The Morgan fingerprint density at radius 1 is 1.16 bits per heavy atom. The highest BCUT2D eigenvalue weighted by molar-refractivity contribution is 6.30. The Hall–Kier alpha value is -2.37. The van der Waals surface area contributed by atoms with Crippen molar-refractivity contribution in [1.82, 2.24) is 4.90 Å². The third-order valence-electron chi connectivity index (χ3n) is 6.57. The van der Waals surface area contributed by atoms with Gasteiger partial charge in [0.1, 0.15) is 12.2 Å². The molecule has 170 valence electrons. The maximum absolute atomic E-state index is 13.4. The van der Waals surface area contributed by atoms with Crippen LogP contribution in [0.2, 0.25) is 5.02 Å². The fourth-order valence-electron chi connectivity index (χ4n) is 4.72. The molecular formula is C26H30ClNO4. The van der Waals surface area contributed by atoms with Gasteiger partial charge in [-0.15, -0.1) is 0 Å². The largest absolute Gasteiger partial charge is 0.481 e. The van der Waals surface area contributed by atoms with Gasteiger partial charge in [-0.05, 0) is 54.0 Å². The van der Waals surface area contributed by atoms with Gasteiger partial charge in [0.15, 0.2) is 0 Å². The molecule has 5 nitrogen and oxygen atoms in total. The second kappa shape index (κ2) is 10.1. The van der Waals surface area contributed by atoms with Crippen molar-refractivity contribution in [1.29, 1.82) is 0 Å². The lowest BCUT2D eigenvalue weighted by Crippen LogP contribution is -2.53. The Bertz CT molecular complexity index is 957. The van der Waals surface area contributed by atoms with Crippen LogP contribution in [0.3, 0.4) is 0 Å². The summed E-state index contributed by atoms with van der Waals surface area (Å²) in [5, 5.41) is 9.99. The first-order valence-electron chi connectivity index (χ1n) is 11.5. The molecule has 1 saturated carbocycles. The molecule has 0 spiro atoms. The summed E-state index contributed by atoms with van der Waals surface area (Å²) in [4.78, 5) is 26.8. The average molecular weight is 456 g/mol. The Kier molecular flexibility index (Phi) is 7.17. The summed E-state index contributed by atoms with van der Waals surface area (Å²) in [5.41, 5.74) is 3.10. The van der Waals surface area contributed by atoms with Crippen LogP contribution in [0.25, 0.3) is 0 Å². The number of carboxylic acid groups (broad SMARTS) is 1. The number of rotatable bonds is 8. The number of morpholine rings is 1. The van der Waals surface area contributed by atoms with Crippen LogP contribution < -0.4 is 0 Å². The molecule has 1 N–H and O–H groups in total. The number of carbonyl (C=O) groups is 2. The molecule has 0 aromatic heterocycles. The number of hydrogen-bond acceptors (Lipinski definition) is 3. The van der Waals surface area contributed by atoms with Gasteiger partial charge < -0.3 is 14.7 Å². The van der Waals surface area contributed by atoms with E-state index in [4.69, 9.17) is 16.3 Å². The third-order valence-corrected chi connectivity index (χ3v) is 6.80. The number of carbonyl (C=O) groups excluding carboxylic acids is 1. The monoisotopic (exact) mass is 455 g/mol. The van der Waals surface area contributed by atoms with E-state index in [0.29, 0.717) is 17.5 Å². The number of aryl methyl sites for hydroxylation is 1. The van der Waals surface area contributed by atoms with E-state index in [-0.39, 0.29) is 18.4 Å². The molecule has 2 aromatic rings. The molecular weight excluding hydrogens is 426 g/mol. The predicted molar refractivity (Wildman–Crippen MR) is 124 cm³/mol. The van der Waals surface area contributed by atoms with Crippen LogP contribution in [0.4, 0.5) is 0 Å². The summed E-state index contributed by atoms with van der Waals surface area (Å²) >= 11 is 6.28. The van der Waals surface area contributed by atoms with E-state index in [9.17, 15) is 14.7 Å². The fourth-order valence-corrected chi connectivity index (χ4v) is 4.91. The maximum atomic E-state index is 13.4. The summed E-state index contributed by atoms with van der Waals surface area (Å²) in [6.45, 7) is 2.77. The first-order valence-corrected chi connectivity index (χ1v) is 11.9. The molecule has 4 rings (SSSR count). The molecule has 1 aliphatic carbocycles. The highest BCUT2D eigenvalue weighted by atomic mass is 35.5. The molecule has 0 radical (unpaired) electrons. The van der Waals surface area contributed by atoms with Crippen molar-refractivity contribution >= 4 is 23.5 Å². The number of halogens is 1. The average Bonchev–Trinajstić information content (AvgIpc) is 2.73. The summed E-state index contributed by atoms with van der Waals surface area (Å²) in [6.07, 6.45) is 3.59. The highest BCUT2D eigenvalue weighted by Gasteiger charge is 2.45. The number of ether oxygens (including phenoxy) is 1. The maximum Gasteiger partial charge on any atom is 0.306 e. The van der Waals surface area contributed by atoms with Crippen LogP contribution in [-0.4, -0.2) is 34.5 Å². The van der Waals surface area contributed by atoms with Crippen molar-refractivity contribution < 1.29 is 19.4 Å². The number of aliphatic carboxylic acids is 1. The molecule has 2 fully saturated rings. The molecule has 1 heterocycles. The minimum absolute atomic E-state index is 0.236. The molecule has 6 heteroatoms. The minimum atomic E-state index is -1.04. The standard InChI is InChI=1S/C26H30ClNO4/c1-2-5-17-10-12-19(13-11-17)24-25(20-8-4-9-21(27)14-20)32-22(15-23(29)30)26(31)28(24)16-18-6-3-7-18/h4,8-14,18,22,24-25H,2-3,5-7,15-16H2,1H3,(H,29,30). The number of carboxylic acids is 1. The summed E-state index contributed by atoms with van der Waals surface area (Å²) in [6, 6.07) is 15.5. The summed E-state index contributed by atoms with van der Waals surface area (Å²) < 4.78 is 6.23. The van der Waals surface area contributed by atoms with Gasteiger partial charge in [-0.25, -0.2) is 0 Å². The van der Waals surface area contributed by atoms with Crippen molar-refractivity contribution in [2.45, 2.75) is 63.7 Å². The molecule has 1 amide bonds. The molecule has 2 aliphatic rings. The van der Waals surface area contributed by atoms with Crippen molar-refractivity contribution in [3.8, 4) is 0 Å². The second-order valence-electron chi connectivity index (χ2n) is 8.92. The third kappa shape index (κ3) is 5.00. The Morgan fingerprint density at radius 2 is 1.91 bits per heavy atom. The van der Waals surface area contributed by atoms with Crippen LogP contribution >= 0.6 is 11.6 Å². The van der Waals surface area contributed by atoms with Crippen LogP contribution in [-0.2, 0) is 20.7 Å². The van der Waals surface area contributed by atoms with Crippen molar-refractivity contribution in [3.63, 3.8) is 0 Å². The zero-order valence-electron chi connectivity index (χ0n) is 18.4. The molecule has 32 heavy (non-hydrogen) atoms. The van der Waals surface area contributed by atoms with Crippen molar-refractivity contribution in [2.75, 3.05) is 6.54 Å². The molecule has 3 atom stereocenters. The molecule has 0 bridgehead atoms. The fraction of sp³-hybridized carbons (Fsp3) is 0.462. The van der Waals surface area contributed by atoms with E-state index in [1.807, 2.05) is 23.1 Å². The topological polar surface area (TPSA) is 66.8 Å². The van der Waals surface area contributed by atoms with Gasteiger partial charge in [-0.2, -0.15) is 0 Å². The van der Waals surface area contributed by atoms with Crippen LogP contribution in [0.1, 0.15) is 67.9 Å². The molecule has 3 unspecified atom stereocenters. The van der Waals surface area contributed by atoms with Gasteiger partial charge in [0, 0.05) is 11.6 Å². The van der Waals surface area contributed by atoms with E-state index >= 15 is 0 Å². The van der Waals surface area contributed by atoms with Gasteiger partial charge in [0.25, 0.3) is 5.91 Å². The van der Waals surface area contributed by atoms with Crippen LogP contribution in [0.15, 0.2) is 48.5 Å². The van der Waals surface area contributed by atoms with Gasteiger partial charge in [0.05, 0.1) is 12.5 Å².